The highest BCUT2D eigenvalue weighted by molar-refractivity contribution is 5.81. The van der Waals surface area contributed by atoms with E-state index in [0.29, 0.717) is 0 Å². The van der Waals surface area contributed by atoms with Crippen molar-refractivity contribution in [2.24, 2.45) is 5.41 Å². The Morgan fingerprint density at radius 2 is 1.89 bits per heavy atom. The van der Waals surface area contributed by atoms with Gasteiger partial charge < -0.3 is 10.1 Å². The Balaban J connectivity index is 2.26. The van der Waals surface area contributed by atoms with E-state index in [1.807, 2.05) is 39.0 Å². The van der Waals surface area contributed by atoms with Crippen molar-refractivity contribution >= 4 is 5.91 Å². The van der Waals surface area contributed by atoms with Gasteiger partial charge in [-0.25, -0.2) is 0 Å². The van der Waals surface area contributed by atoms with Gasteiger partial charge in [-0.3, -0.25) is 4.79 Å². The topological polar surface area (TPSA) is 38.3 Å². The Hall–Kier alpha value is -1.51. The molecule has 1 N–H and O–H groups in total. The Morgan fingerprint density at radius 1 is 1.21 bits per heavy atom. The van der Waals surface area contributed by atoms with Crippen LogP contribution in [-0.2, 0) is 11.2 Å². The summed E-state index contributed by atoms with van der Waals surface area (Å²) in [7, 11) is 1.70. The second-order valence-electron chi connectivity index (χ2n) is 5.77. The molecule has 1 aromatic rings. The van der Waals surface area contributed by atoms with Gasteiger partial charge in [0.1, 0.15) is 5.75 Å². The third-order valence-corrected chi connectivity index (χ3v) is 3.03. The van der Waals surface area contributed by atoms with Crippen LogP contribution in [0.1, 0.15) is 39.2 Å². The fourth-order valence-electron chi connectivity index (χ4n) is 1.82. The number of rotatable bonds is 6. The van der Waals surface area contributed by atoms with E-state index in [0.717, 1.165) is 31.6 Å². The van der Waals surface area contributed by atoms with Crippen LogP contribution in [0, 0.1) is 5.41 Å². The fourth-order valence-corrected chi connectivity index (χ4v) is 1.82. The Kier molecular flexibility index (Phi) is 5.87. The highest BCUT2D eigenvalue weighted by Crippen LogP contribution is 2.19. The SMILES string of the molecule is COc1ccccc1CCCCNC(=O)C(C)(C)C. The predicted molar refractivity (Wildman–Crippen MR) is 78.4 cm³/mol. The predicted octanol–water partition coefficient (Wildman–Crippen LogP) is 3.18. The van der Waals surface area contributed by atoms with Crippen LogP contribution in [0.3, 0.4) is 0 Å². The fraction of sp³-hybridized carbons (Fsp3) is 0.562. The van der Waals surface area contributed by atoms with Gasteiger partial charge in [-0.2, -0.15) is 0 Å². The zero-order valence-corrected chi connectivity index (χ0v) is 12.5. The molecule has 0 aromatic heterocycles. The highest BCUT2D eigenvalue weighted by atomic mass is 16.5. The molecular formula is C16H25NO2. The number of carbonyl (C=O) groups is 1. The minimum atomic E-state index is -0.303. The van der Waals surface area contributed by atoms with Crippen LogP contribution in [0.5, 0.6) is 5.75 Å². The van der Waals surface area contributed by atoms with E-state index in [1.54, 1.807) is 7.11 Å². The summed E-state index contributed by atoms with van der Waals surface area (Å²) in [6.07, 6.45) is 3.01. The summed E-state index contributed by atoms with van der Waals surface area (Å²) < 4.78 is 5.32. The van der Waals surface area contributed by atoms with Gasteiger partial charge in [0.25, 0.3) is 0 Å². The molecule has 0 saturated carbocycles. The van der Waals surface area contributed by atoms with Gasteiger partial charge in [0.15, 0.2) is 0 Å². The molecule has 0 aliphatic heterocycles. The number of hydrogen-bond acceptors (Lipinski definition) is 2. The molecule has 0 atom stereocenters. The number of unbranched alkanes of at least 4 members (excludes halogenated alkanes) is 1. The smallest absolute Gasteiger partial charge is 0.225 e. The molecule has 0 unspecified atom stereocenters. The first-order valence-electron chi connectivity index (χ1n) is 6.85. The number of methoxy groups -OCH3 is 1. The molecule has 3 nitrogen and oxygen atoms in total. The van der Waals surface area contributed by atoms with Gasteiger partial charge >= 0.3 is 0 Å². The van der Waals surface area contributed by atoms with E-state index in [2.05, 4.69) is 11.4 Å². The molecule has 0 aliphatic rings. The molecule has 0 radical (unpaired) electrons. The Labute approximate surface area is 116 Å². The molecule has 1 rings (SSSR count). The lowest BCUT2D eigenvalue weighted by atomic mass is 9.95. The molecule has 0 saturated heterocycles. The summed E-state index contributed by atoms with van der Waals surface area (Å²) in [4.78, 5) is 11.7. The maximum atomic E-state index is 11.7. The average molecular weight is 263 g/mol. The van der Waals surface area contributed by atoms with Crippen LogP contribution in [0.15, 0.2) is 24.3 Å². The first kappa shape index (κ1) is 15.5. The van der Waals surface area contributed by atoms with Gasteiger partial charge in [0.2, 0.25) is 5.91 Å². The van der Waals surface area contributed by atoms with Crippen molar-refractivity contribution < 1.29 is 9.53 Å². The summed E-state index contributed by atoms with van der Waals surface area (Å²) in [5.41, 5.74) is 0.926. The maximum absolute atomic E-state index is 11.7. The van der Waals surface area contributed by atoms with Crippen molar-refractivity contribution in [2.45, 2.75) is 40.0 Å². The zero-order chi connectivity index (χ0) is 14.3. The van der Waals surface area contributed by atoms with Crippen LogP contribution in [0.4, 0.5) is 0 Å². The third-order valence-electron chi connectivity index (χ3n) is 3.03. The molecule has 0 spiro atoms. The van der Waals surface area contributed by atoms with Crippen molar-refractivity contribution in [1.29, 1.82) is 0 Å². The van der Waals surface area contributed by atoms with E-state index in [1.165, 1.54) is 5.56 Å². The molecule has 0 bridgehead atoms. The van der Waals surface area contributed by atoms with Crippen molar-refractivity contribution in [1.82, 2.24) is 5.32 Å². The molecule has 0 aliphatic carbocycles. The van der Waals surface area contributed by atoms with Crippen molar-refractivity contribution in [3.63, 3.8) is 0 Å². The van der Waals surface area contributed by atoms with Crippen molar-refractivity contribution in [3.8, 4) is 5.75 Å². The van der Waals surface area contributed by atoms with Crippen LogP contribution < -0.4 is 10.1 Å². The number of benzene rings is 1. The van der Waals surface area contributed by atoms with Gasteiger partial charge in [0.05, 0.1) is 7.11 Å². The minimum absolute atomic E-state index is 0.116. The first-order valence-corrected chi connectivity index (χ1v) is 6.85. The average Bonchev–Trinajstić information content (AvgIpc) is 2.37. The molecule has 0 fully saturated rings. The van der Waals surface area contributed by atoms with Crippen LogP contribution >= 0.6 is 0 Å². The number of ether oxygens (including phenoxy) is 1. The number of hydrogen-bond donors (Lipinski definition) is 1. The second kappa shape index (κ2) is 7.17. The lowest BCUT2D eigenvalue weighted by molar-refractivity contribution is -0.128. The van der Waals surface area contributed by atoms with Crippen molar-refractivity contribution in [2.75, 3.05) is 13.7 Å². The standard InChI is InChI=1S/C16H25NO2/c1-16(2,3)15(18)17-12-8-7-10-13-9-5-6-11-14(13)19-4/h5-6,9,11H,7-8,10,12H2,1-4H3,(H,17,18). The lowest BCUT2D eigenvalue weighted by Crippen LogP contribution is -2.35. The molecule has 3 heteroatoms. The van der Waals surface area contributed by atoms with E-state index in [9.17, 15) is 4.79 Å². The molecule has 1 amide bonds. The van der Waals surface area contributed by atoms with Gasteiger partial charge in [-0.15, -0.1) is 0 Å². The number of amides is 1. The van der Waals surface area contributed by atoms with Crippen LogP contribution in [0.2, 0.25) is 0 Å². The number of para-hydroxylation sites is 1. The monoisotopic (exact) mass is 263 g/mol. The summed E-state index contributed by atoms with van der Waals surface area (Å²) in [5, 5.41) is 2.97. The third kappa shape index (κ3) is 5.33. The lowest BCUT2D eigenvalue weighted by Gasteiger charge is -2.17. The molecular weight excluding hydrogens is 238 g/mol. The summed E-state index contributed by atoms with van der Waals surface area (Å²) in [6.45, 7) is 6.52. The highest BCUT2D eigenvalue weighted by Gasteiger charge is 2.20. The van der Waals surface area contributed by atoms with Crippen LogP contribution in [-0.4, -0.2) is 19.6 Å². The van der Waals surface area contributed by atoms with E-state index >= 15 is 0 Å². The van der Waals surface area contributed by atoms with E-state index < -0.39 is 0 Å². The molecule has 19 heavy (non-hydrogen) atoms. The second-order valence-corrected chi connectivity index (χ2v) is 5.77. The quantitative estimate of drug-likeness (QED) is 0.801. The Morgan fingerprint density at radius 3 is 2.53 bits per heavy atom. The first-order chi connectivity index (χ1) is 8.95. The van der Waals surface area contributed by atoms with Gasteiger partial charge in [0, 0.05) is 12.0 Å². The van der Waals surface area contributed by atoms with E-state index in [-0.39, 0.29) is 11.3 Å². The maximum Gasteiger partial charge on any atom is 0.225 e. The largest absolute Gasteiger partial charge is 0.496 e. The van der Waals surface area contributed by atoms with Crippen molar-refractivity contribution in [3.05, 3.63) is 29.8 Å². The molecule has 1 aromatic carbocycles. The zero-order valence-electron chi connectivity index (χ0n) is 12.5. The minimum Gasteiger partial charge on any atom is -0.496 e. The molecule has 106 valence electrons. The Bertz CT molecular complexity index is 407. The summed E-state index contributed by atoms with van der Waals surface area (Å²) >= 11 is 0. The molecule has 0 heterocycles. The number of carbonyl (C=O) groups excluding carboxylic acids is 1. The van der Waals surface area contributed by atoms with E-state index in [4.69, 9.17) is 4.74 Å². The van der Waals surface area contributed by atoms with Gasteiger partial charge in [-0.1, -0.05) is 39.0 Å². The van der Waals surface area contributed by atoms with Crippen LogP contribution in [0.25, 0.3) is 0 Å². The normalized spacial score (nSPS) is 11.2. The number of nitrogens with one attached hydrogen (secondary N) is 1. The summed E-state index contributed by atoms with van der Waals surface area (Å²) in [6, 6.07) is 8.08. The summed E-state index contributed by atoms with van der Waals surface area (Å²) in [5.74, 6) is 1.06. The van der Waals surface area contributed by atoms with Gasteiger partial charge in [-0.05, 0) is 30.9 Å². The number of aryl methyl sites for hydroxylation is 1.